The molecule has 1 amide bonds. The number of hydrogen-bond acceptors (Lipinski definition) is 5. The molecule has 0 aromatic heterocycles. The van der Waals surface area contributed by atoms with Gasteiger partial charge >= 0.3 is 5.97 Å². The topological polar surface area (TPSA) is 61.9 Å². The summed E-state index contributed by atoms with van der Waals surface area (Å²) in [6, 6.07) is 15.4. The number of hydrogen-bond donors (Lipinski definition) is 1. The van der Waals surface area contributed by atoms with Gasteiger partial charge in [0.25, 0.3) is 0 Å². The fourth-order valence-corrected chi connectivity index (χ4v) is 4.04. The molecule has 0 spiro atoms. The van der Waals surface area contributed by atoms with Crippen molar-refractivity contribution in [2.45, 2.75) is 26.4 Å². The fourth-order valence-electron chi connectivity index (χ4n) is 4.04. The first-order valence-electron chi connectivity index (χ1n) is 11.0. The van der Waals surface area contributed by atoms with E-state index in [1.54, 1.807) is 61.0 Å². The minimum absolute atomic E-state index is 0.0989. The second kappa shape index (κ2) is 9.51. The van der Waals surface area contributed by atoms with Gasteiger partial charge in [-0.2, -0.15) is 0 Å². The number of carbonyl (C=O) groups excluding carboxylic acids is 2. The number of amides is 1. The lowest BCUT2D eigenvalue weighted by Gasteiger charge is -2.40. The first-order chi connectivity index (χ1) is 16.3. The highest BCUT2D eigenvalue weighted by molar-refractivity contribution is 6.05. The molecule has 1 atom stereocenters. The van der Waals surface area contributed by atoms with Gasteiger partial charge in [-0.1, -0.05) is 12.1 Å². The molecule has 4 rings (SSSR count). The lowest BCUT2D eigenvalue weighted by Crippen LogP contribution is -2.50. The maximum Gasteiger partial charge on any atom is 0.338 e. The maximum absolute atomic E-state index is 14.4. The molecule has 34 heavy (non-hydrogen) atoms. The molecule has 1 aliphatic heterocycles. The number of rotatable bonds is 6. The molecule has 0 bridgehead atoms. The maximum atomic E-state index is 14.4. The molecule has 0 aliphatic carbocycles. The first-order valence-corrected chi connectivity index (χ1v) is 11.0. The van der Waals surface area contributed by atoms with Crippen molar-refractivity contribution in [3.8, 4) is 0 Å². The van der Waals surface area contributed by atoms with Crippen LogP contribution in [0.1, 0.15) is 29.8 Å². The van der Waals surface area contributed by atoms with E-state index in [0.717, 1.165) is 0 Å². The van der Waals surface area contributed by atoms with Gasteiger partial charge in [-0.25, -0.2) is 13.6 Å². The monoisotopic (exact) mass is 465 g/mol. The van der Waals surface area contributed by atoms with Crippen LogP contribution in [0.3, 0.4) is 0 Å². The number of ether oxygens (including phenoxy) is 1. The summed E-state index contributed by atoms with van der Waals surface area (Å²) >= 11 is 0. The molecule has 0 saturated heterocycles. The van der Waals surface area contributed by atoms with Gasteiger partial charge in [0.15, 0.2) is 0 Å². The number of benzene rings is 3. The summed E-state index contributed by atoms with van der Waals surface area (Å²) in [5.41, 5.74) is 2.97. The van der Waals surface area contributed by atoms with E-state index in [-0.39, 0.29) is 24.6 Å². The van der Waals surface area contributed by atoms with Crippen molar-refractivity contribution in [2.24, 2.45) is 0 Å². The molecular weight excluding hydrogens is 440 g/mol. The Hall–Kier alpha value is -3.94. The van der Waals surface area contributed by atoms with E-state index in [9.17, 15) is 18.4 Å². The van der Waals surface area contributed by atoms with E-state index >= 15 is 0 Å². The Morgan fingerprint density at radius 2 is 1.68 bits per heavy atom. The van der Waals surface area contributed by atoms with Crippen molar-refractivity contribution >= 4 is 34.6 Å². The Balaban J connectivity index is 1.69. The summed E-state index contributed by atoms with van der Waals surface area (Å²) in [7, 11) is 1.68. The van der Waals surface area contributed by atoms with Gasteiger partial charge in [0, 0.05) is 30.5 Å². The Morgan fingerprint density at radius 3 is 2.38 bits per heavy atom. The van der Waals surface area contributed by atoms with Crippen molar-refractivity contribution < 1.29 is 23.1 Å². The minimum Gasteiger partial charge on any atom is -0.462 e. The zero-order valence-corrected chi connectivity index (χ0v) is 19.1. The van der Waals surface area contributed by atoms with Gasteiger partial charge in [-0.05, 0) is 62.4 Å². The number of nitrogens with one attached hydrogen (secondary N) is 1. The summed E-state index contributed by atoms with van der Waals surface area (Å²) in [4.78, 5) is 28.1. The van der Waals surface area contributed by atoms with Crippen LogP contribution in [-0.4, -0.2) is 31.6 Å². The molecule has 0 fully saturated rings. The Bertz CT molecular complexity index is 1230. The van der Waals surface area contributed by atoms with Gasteiger partial charge in [0.1, 0.15) is 17.7 Å². The molecule has 3 aromatic carbocycles. The second-order valence-electron chi connectivity index (χ2n) is 8.03. The van der Waals surface area contributed by atoms with E-state index in [1.807, 2.05) is 12.1 Å². The first kappa shape index (κ1) is 23.2. The second-order valence-corrected chi connectivity index (χ2v) is 8.03. The van der Waals surface area contributed by atoms with Gasteiger partial charge < -0.3 is 19.9 Å². The number of carbonyl (C=O) groups is 2. The van der Waals surface area contributed by atoms with Crippen molar-refractivity contribution in [1.82, 2.24) is 0 Å². The highest BCUT2D eigenvalue weighted by Crippen LogP contribution is 2.39. The average molecular weight is 466 g/mol. The quantitative estimate of drug-likeness (QED) is 0.504. The third kappa shape index (κ3) is 4.44. The van der Waals surface area contributed by atoms with E-state index < -0.39 is 23.6 Å². The molecule has 6 nitrogen and oxygen atoms in total. The molecule has 8 heteroatoms. The number of esters is 1. The third-order valence-electron chi connectivity index (χ3n) is 5.85. The summed E-state index contributed by atoms with van der Waals surface area (Å²) in [5, 5.41) is 3.25. The van der Waals surface area contributed by atoms with Crippen LogP contribution in [0.5, 0.6) is 0 Å². The van der Waals surface area contributed by atoms with Crippen molar-refractivity contribution in [3.63, 3.8) is 0 Å². The van der Waals surface area contributed by atoms with Crippen LogP contribution in [0.2, 0.25) is 0 Å². The fraction of sp³-hybridized carbons (Fsp3) is 0.231. The van der Waals surface area contributed by atoms with Gasteiger partial charge in [-0.3, -0.25) is 4.79 Å². The predicted molar refractivity (Wildman–Crippen MR) is 128 cm³/mol. The molecule has 3 aromatic rings. The molecule has 1 heterocycles. The zero-order chi connectivity index (χ0) is 24.4. The normalized spacial score (nSPS) is 15.2. The highest BCUT2D eigenvalue weighted by Gasteiger charge is 2.34. The van der Waals surface area contributed by atoms with Crippen LogP contribution < -0.4 is 15.1 Å². The van der Waals surface area contributed by atoms with Crippen molar-refractivity contribution in [3.05, 3.63) is 83.4 Å². The number of fused-ring (bicyclic) bond motifs is 1. The standard InChI is InChI=1S/C26H25F2N3O3/c1-4-34-26(33)17-7-5-8-18(13-17)29-19-11-12-23-24(14-19)31(16(2)25(32)30(23)3)15-20-21(27)9-6-10-22(20)28/h5-14,16,29H,4,15H2,1-3H3. The molecular formula is C26H25F2N3O3. The summed E-state index contributed by atoms with van der Waals surface area (Å²) < 4.78 is 33.8. The number of nitrogens with zero attached hydrogens (tertiary/aromatic N) is 2. The number of anilines is 4. The lowest BCUT2D eigenvalue weighted by atomic mass is 10.0. The molecule has 1 aliphatic rings. The molecule has 176 valence electrons. The Kier molecular flexibility index (Phi) is 6.49. The number of halogens is 2. The van der Waals surface area contributed by atoms with Crippen LogP contribution in [0, 0.1) is 11.6 Å². The molecule has 0 saturated carbocycles. The summed E-state index contributed by atoms with van der Waals surface area (Å²) in [6.07, 6.45) is 0. The van der Waals surface area contributed by atoms with Crippen LogP contribution in [0.4, 0.5) is 31.5 Å². The smallest absolute Gasteiger partial charge is 0.338 e. The minimum atomic E-state index is -0.662. The Labute approximate surface area is 196 Å². The summed E-state index contributed by atoms with van der Waals surface area (Å²) in [6.45, 7) is 3.64. The van der Waals surface area contributed by atoms with Crippen LogP contribution in [0.25, 0.3) is 0 Å². The average Bonchev–Trinajstić information content (AvgIpc) is 2.82. The largest absolute Gasteiger partial charge is 0.462 e. The van der Waals surface area contributed by atoms with Gasteiger partial charge in [-0.15, -0.1) is 0 Å². The summed E-state index contributed by atoms with van der Waals surface area (Å²) in [5.74, 6) is -1.91. The van der Waals surface area contributed by atoms with Crippen molar-refractivity contribution in [2.75, 3.05) is 28.8 Å². The highest BCUT2D eigenvalue weighted by atomic mass is 19.1. The third-order valence-corrected chi connectivity index (χ3v) is 5.85. The SMILES string of the molecule is CCOC(=O)c1cccc(Nc2ccc3c(c2)N(Cc2c(F)cccc2F)C(C)C(=O)N3C)c1. The molecule has 1 unspecified atom stereocenters. The van der Waals surface area contributed by atoms with E-state index in [0.29, 0.717) is 28.3 Å². The lowest BCUT2D eigenvalue weighted by molar-refractivity contribution is -0.119. The van der Waals surface area contributed by atoms with Crippen LogP contribution in [0.15, 0.2) is 60.7 Å². The van der Waals surface area contributed by atoms with E-state index in [4.69, 9.17) is 4.74 Å². The van der Waals surface area contributed by atoms with Crippen LogP contribution in [-0.2, 0) is 16.1 Å². The molecule has 0 radical (unpaired) electrons. The van der Waals surface area contributed by atoms with E-state index in [2.05, 4.69) is 5.32 Å². The van der Waals surface area contributed by atoms with Gasteiger partial charge in [0.2, 0.25) is 5.91 Å². The van der Waals surface area contributed by atoms with Crippen LogP contribution >= 0.6 is 0 Å². The zero-order valence-electron chi connectivity index (χ0n) is 19.1. The van der Waals surface area contributed by atoms with Gasteiger partial charge in [0.05, 0.1) is 23.5 Å². The molecule has 1 N–H and O–H groups in total. The number of likely N-dealkylation sites (N-methyl/N-ethyl adjacent to an activating group) is 1. The van der Waals surface area contributed by atoms with Crippen molar-refractivity contribution in [1.29, 1.82) is 0 Å². The Morgan fingerprint density at radius 1 is 1.00 bits per heavy atom. The predicted octanol–water partition coefficient (Wildman–Crippen LogP) is 5.26. The van der Waals surface area contributed by atoms with E-state index in [1.165, 1.54) is 18.2 Å².